The number of anilines is 2. The van der Waals surface area contributed by atoms with Crippen LogP contribution >= 0.6 is 0 Å². The fraction of sp³-hybridized carbons (Fsp3) is 0.533. The lowest BCUT2D eigenvalue weighted by molar-refractivity contribution is 0.0760. The van der Waals surface area contributed by atoms with Crippen LogP contribution in [0.2, 0.25) is 0 Å². The SMILES string of the molecule is CN(CC1CCCCC1)C(=O)c1cc(N)cc(N)c1. The van der Waals surface area contributed by atoms with E-state index in [1.54, 1.807) is 23.1 Å². The van der Waals surface area contributed by atoms with Crippen LogP contribution in [0.25, 0.3) is 0 Å². The quantitative estimate of drug-likeness (QED) is 0.821. The van der Waals surface area contributed by atoms with E-state index in [0.717, 1.165) is 6.54 Å². The maximum atomic E-state index is 12.3. The molecule has 0 heterocycles. The van der Waals surface area contributed by atoms with Crippen LogP contribution in [0.3, 0.4) is 0 Å². The third kappa shape index (κ3) is 3.63. The number of nitrogens with two attached hydrogens (primary N) is 2. The zero-order valence-corrected chi connectivity index (χ0v) is 11.6. The Morgan fingerprint density at radius 3 is 2.32 bits per heavy atom. The third-order valence-electron chi connectivity index (χ3n) is 3.83. The van der Waals surface area contributed by atoms with E-state index in [4.69, 9.17) is 11.5 Å². The number of amides is 1. The first-order chi connectivity index (χ1) is 9.06. The Morgan fingerprint density at radius 1 is 1.16 bits per heavy atom. The summed E-state index contributed by atoms with van der Waals surface area (Å²) in [5, 5.41) is 0. The largest absolute Gasteiger partial charge is 0.399 e. The topological polar surface area (TPSA) is 72.3 Å². The van der Waals surface area contributed by atoms with Gasteiger partial charge in [0.05, 0.1) is 0 Å². The molecule has 0 saturated heterocycles. The van der Waals surface area contributed by atoms with E-state index >= 15 is 0 Å². The predicted octanol–water partition coefficient (Wildman–Crippen LogP) is 2.50. The summed E-state index contributed by atoms with van der Waals surface area (Å²) in [5.74, 6) is 0.644. The smallest absolute Gasteiger partial charge is 0.253 e. The minimum Gasteiger partial charge on any atom is -0.399 e. The van der Waals surface area contributed by atoms with Gasteiger partial charge in [0.25, 0.3) is 5.91 Å². The molecule has 19 heavy (non-hydrogen) atoms. The molecule has 1 amide bonds. The summed E-state index contributed by atoms with van der Waals surface area (Å²) in [6.07, 6.45) is 6.38. The van der Waals surface area contributed by atoms with Crippen molar-refractivity contribution < 1.29 is 4.79 Å². The Kier molecular flexibility index (Phi) is 4.30. The zero-order valence-electron chi connectivity index (χ0n) is 11.6. The maximum Gasteiger partial charge on any atom is 0.253 e. The van der Waals surface area contributed by atoms with Crippen molar-refractivity contribution in [2.75, 3.05) is 25.1 Å². The van der Waals surface area contributed by atoms with Crippen molar-refractivity contribution in [3.05, 3.63) is 23.8 Å². The van der Waals surface area contributed by atoms with E-state index in [9.17, 15) is 4.79 Å². The lowest BCUT2D eigenvalue weighted by Gasteiger charge is -2.27. The molecule has 1 aliphatic rings. The number of nitrogen functional groups attached to an aromatic ring is 2. The average molecular weight is 261 g/mol. The molecule has 4 nitrogen and oxygen atoms in total. The van der Waals surface area contributed by atoms with Crippen LogP contribution in [0.15, 0.2) is 18.2 Å². The number of hydrogen-bond acceptors (Lipinski definition) is 3. The summed E-state index contributed by atoms with van der Waals surface area (Å²) < 4.78 is 0. The second-order valence-electron chi connectivity index (χ2n) is 5.58. The fourth-order valence-corrected chi connectivity index (χ4v) is 2.86. The normalized spacial score (nSPS) is 16.3. The molecule has 1 fully saturated rings. The van der Waals surface area contributed by atoms with Gasteiger partial charge in [0.15, 0.2) is 0 Å². The first kappa shape index (κ1) is 13.7. The van der Waals surface area contributed by atoms with Gasteiger partial charge in [-0.3, -0.25) is 4.79 Å². The lowest BCUT2D eigenvalue weighted by atomic mass is 9.89. The van der Waals surface area contributed by atoms with E-state index in [1.807, 2.05) is 7.05 Å². The van der Waals surface area contributed by atoms with Crippen molar-refractivity contribution in [3.8, 4) is 0 Å². The molecule has 1 saturated carbocycles. The van der Waals surface area contributed by atoms with Crippen molar-refractivity contribution in [1.29, 1.82) is 0 Å². The lowest BCUT2D eigenvalue weighted by Crippen LogP contribution is -2.32. The highest BCUT2D eigenvalue weighted by molar-refractivity contribution is 5.96. The van der Waals surface area contributed by atoms with E-state index in [2.05, 4.69) is 0 Å². The monoisotopic (exact) mass is 261 g/mol. The fourth-order valence-electron chi connectivity index (χ4n) is 2.86. The van der Waals surface area contributed by atoms with Gasteiger partial charge in [-0.15, -0.1) is 0 Å². The molecule has 1 aromatic carbocycles. The van der Waals surface area contributed by atoms with Gasteiger partial charge in [0.1, 0.15) is 0 Å². The van der Waals surface area contributed by atoms with Crippen molar-refractivity contribution in [2.45, 2.75) is 32.1 Å². The summed E-state index contributed by atoms with van der Waals surface area (Å²) in [7, 11) is 1.86. The summed E-state index contributed by atoms with van der Waals surface area (Å²) in [5.41, 5.74) is 13.1. The van der Waals surface area contributed by atoms with Gasteiger partial charge in [-0.1, -0.05) is 19.3 Å². The van der Waals surface area contributed by atoms with Crippen LogP contribution in [0.4, 0.5) is 11.4 Å². The van der Waals surface area contributed by atoms with Gasteiger partial charge in [-0.25, -0.2) is 0 Å². The van der Waals surface area contributed by atoms with Gasteiger partial charge < -0.3 is 16.4 Å². The van der Waals surface area contributed by atoms with Crippen LogP contribution in [-0.2, 0) is 0 Å². The highest BCUT2D eigenvalue weighted by Gasteiger charge is 2.19. The van der Waals surface area contributed by atoms with Crippen molar-refractivity contribution >= 4 is 17.3 Å². The summed E-state index contributed by atoms with van der Waals surface area (Å²) in [6, 6.07) is 5.05. The third-order valence-corrected chi connectivity index (χ3v) is 3.83. The molecule has 0 atom stereocenters. The van der Waals surface area contributed by atoms with E-state index in [1.165, 1.54) is 32.1 Å². The molecule has 104 valence electrons. The highest BCUT2D eigenvalue weighted by atomic mass is 16.2. The molecule has 1 aliphatic carbocycles. The standard InChI is InChI=1S/C15H23N3O/c1-18(10-11-5-3-2-4-6-11)15(19)12-7-13(16)9-14(17)8-12/h7-9,11H,2-6,10,16-17H2,1H3. The van der Waals surface area contributed by atoms with Crippen molar-refractivity contribution in [1.82, 2.24) is 4.90 Å². The van der Waals surface area contributed by atoms with Crippen LogP contribution < -0.4 is 11.5 Å². The van der Waals surface area contributed by atoms with Crippen molar-refractivity contribution in [2.24, 2.45) is 5.92 Å². The molecule has 0 aromatic heterocycles. The molecule has 2 rings (SSSR count). The second-order valence-corrected chi connectivity index (χ2v) is 5.58. The molecule has 0 spiro atoms. The minimum atomic E-state index is 0.00423. The van der Waals surface area contributed by atoms with Crippen LogP contribution in [0.5, 0.6) is 0 Å². The highest BCUT2D eigenvalue weighted by Crippen LogP contribution is 2.24. The zero-order chi connectivity index (χ0) is 13.8. The first-order valence-electron chi connectivity index (χ1n) is 6.98. The summed E-state index contributed by atoms with van der Waals surface area (Å²) in [4.78, 5) is 14.1. The number of carbonyl (C=O) groups excluding carboxylic acids is 1. The van der Waals surface area contributed by atoms with Gasteiger partial charge in [0.2, 0.25) is 0 Å². The molecule has 0 radical (unpaired) electrons. The van der Waals surface area contributed by atoms with Crippen LogP contribution in [0.1, 0.15) is 42.5 Å². The summed E-state index contributed by atoms with van der Waals surface area (Å²) >= 11 is 0. The van der Waals surface area contributed by atoms with Gasteiger partial charge in [-0.05, 0) is 37.0 Å². The van der Waals surface area contributed by atoms with Gasteiger partial charge >= 0.3 is 0 Å². The Hall–Kier alpha value is -1.71. The number of carbonyl (C=O) groups is 1. The predicted molar refractivity (Wildman–Crippen MR) is 78.8 cm³/mol. The van der Waals surface area contributed by atoms with Crippen molar-refractivity contribution in [3.63, 3.8) is 0 Å². The molecule has 4 heteroatoms. The Balaban J connectivity index is 2.01. The Bertz CT molecular complexity index is 432. The molecular formula is C15H23N3O. The summed E-state index contributed by atoms with van der Waals surface area (Å²) in [6.45, 7) is 0.827. The van der Waals surface area contributed by atoms with Crippen LogP contribution in [-0.4, -0.2) is 24.4 Å². The second kappa shape index (κ2) is 5.95. The molecule has 0 bridgehead atoms. The maximum absolute atomic E-state index is 12.3. The number of benzene rings is 1. The average Bonchev–Trinajstić information content (AvgIpc) is 2.37. The van der Waals surface area contributed by atoms with Gasteiger partial charge in [0, 0.05) is 30.5 Å². The molecule has 1 aromatic rings. The molecular weight excluding hydrogens is 238 g/mol. The molecule has 4 N–H and O–H groups in total. The number of nitrogens with zero attached hydrogens (tertiary/aromatic N) is 1. The number of rotatable bonds is 3. The molecule has 0 aliphatic heterocycles. The minimum absolute atomic E-state index is 0.00423. The molecule has 0 unspecified atom stereocenters. The first-order valence-corrected chi connectivity index (χ1v) is 6.98. The number of hydrogen-bond donors (Lipinski definition) is 2. The Morgan fingerprint density at radius 2 is 1.74 bits per heavy atom. The Labute approximate surface area is 114 Å². The van der Waals surface area contributed by atoms with E-state index in [0.29, 0.717) is 22.9 Å². The van der Waals surface area contributed by atoms with Gasteiger partial charge in [-0.2, -0.15) is 0 Å². The van der Waals surface area contributed by atoms with E-state index in [-0.39, 0.29) is 5.91 Å². The van der Waals surface area contributed by atoms with Crippen LogP contribution in [0, 0.1) is 5.92 Å². The van der Waals surface area contributed by atoms with E-state index < -0.39 is 0 Å².